The van der Waals surface area contributed by atoms with Crippen molar-refractivity contribution in [1.82, 2.24) is 0 Å². The van der Waals surface area contributed by atoms with E-state index in [0.29, 0.717) is 13.2 Å². The minimum Gasteiger partial charge on any atom is -0.497 e. The van der Waals surface area contributed by atoms with Gasteiger partial charge in [-0.2, -0.15) is 9.98 Å². The van der Waals surface area contributed by atoms with Crippen molar-refractivity contribution < 1.29 is 14.2 Å². The molecule has 0 aromatic heterocycles. The molecule has 0 radical (unpaired) electrons. The molecule has 1 fully saturated rings. The van der Waals surface area contributed by atoms with Crippen LogP contribution in [0.3, 0.4) is 0 Å². The van der Waals surface area contributed by atoms with Gasteiger partial charge in [0.1, 0.15) is 11.8 Å². The Kier molecular flexibility index (Phi) is 4.61. The Morgan fingerprint density at radius 1 is 1.00 bits per heavy atom. The van der Waals surface area contributed by atoms with Crippen molar-refractivity contribution >= 4 is 17.4 Å². The molecule has 2 aromatic rings. The van der Waals surface area contributed by atoms with Gasteiger partial charge in [0.25, 0.3) is 0 Å². The van der Waals surface area contributed by atoms with Crippen molar-refractivity contribution in [3.05, 3.63) is 54.1 Å². The summed E-state index contributed by atoms with van der Waals surface area (Å²) in [5.41, 5.74) is 2.39. The van der Waals surface area contributed by atoms with Gasteiger partial charge in [-0.25, -0.2) is 0 Å². The molecule has 0 bridgehead atoms. The average molecular weight is 296 g/mol. The van der Waals surface area contributed by atoms with Crippen molar-refractivity contribution in [3.8, 4) is 5.75 Å². The van der Waals surface area contributed by atoms with E-state index in [1.54, 1.807) is 7.11 Å². The second kappa shape index (κ2) is 7.00. The summed E-state index contributed by atoms with van der Waals surface area (Å²) in [5.74, 6) is 0.789. The molecule has 1 heterocycles. The van der Waals surface area contributed by atoms with Crippen LogP contribution < -0.4 is 4.74 Å². The molecule has 1 aliphatic rings. The van der Waals surface area contributed by atoms with E-state index in [2.05, 4.69) is 16.0 Å². The van der Waals surface area contributed by atoms with Gasteiger partial charge in [0.05, 0.1) is 31.7 Å². The number of methoxy groups -OCH3 is 1. The highest BCUT2D eigenvalue weighted by Crippen LogP contribution is 2.30. The molecule has 5 heteroatoms. The maximum Gasteiger partial charge on any atom is 0.186 e. The van der Waals surface area contributed by atoms with Crippen LogP contribution in [0.5, 0.6) is 5.75 Å². The number of hydrogen-bond acceptors (Lipinski definition) is 5. The van der Waals surface area contributed by atoms with Crippen molar-refractivity contribution in [2.24, 2.45) is 9.98 Å². The summed E-state index contributed by atoms with van der Waals surface area (Å²) in [7, 11) is 1.63. The lowest BCUT2D eigenvalue weighted by Crippen LogP contribution is -1.97. The fourth-order valence-electron chi connectivity index (χ4n) is 2.12. The molecule has 22 heavy (non-hydrogen) atoms. The van der Waals surface area contributed by atoms with Crippen molar-refractivity contribution in [2.75, 3.05) is 20.3 Å². The highest BCUT2D eigenvalue weighted by Gasteiger charge is 2.20. The number of benzene rings is 2. The number of ether oxygens (including phenoxy) is 3. The number of hydrogen-bond donors (Lipinski definition) is 0. The molecule has 2 aromatic carbocycles. The summed E-state index contributed by atoms with van der Waals surface area (Å²) in [5, 5.41) is 0. The average Bonchev–Trinajstić information content (AvgIpc) is 3.10. The van der Waals surface area contributed by atoms with E-state index in [9.17, 15) is 0 Å². The molecule has 112 valence electrons. The molecule has 1 saturated heterocycles. The molecule has 3 rings (SSSR count). The number of rotatable bonds is 4. The summed E-state index contributed by atoms with van der Waals surface area (Å²) in [6.07, 6.45) is -0.359. The largest absolute Gasteiger partial charge is 0.497 e. The molecule has 0 atom stereocenters. The second-order valence-electron chi connectivity index (χ2n) is 4.65. The minimum absolute atomic E-state index is 0.359. The zero-order chi connectivity index (χ0) is 15.2. The smallest absolute Gasteiger partial charge is 0.186 e. The Bertz CT molecular complexity index is 685. The van der Waals surface area contributed by atoms with Gasteiger partial charge in [-0.3, -0.25) is 0 Å². The van der Waals surface area contributed by atoms with E-state index in [1.165, 1.54) is 0 Å². The Morgan fingerprint density at radius 3 is 2.45 bits per heavy atom. The maximum absolute atomic E-state index is 5.52. The number of nitrogens with zero attached hydrogens (tertiary/aromatic N) is 2. The third-order valence-electron chi connectivity index (χ3n) is 3.23. The third-order valence-corrected chi connectivity index (χ3v) is 3.23. The molecule has 0 spiro atoms. The van der Waals surface area contributed by atoms with Crippen LogP contribution in [0.1, 0.15) is 11.9 Å². The van der Waals surface area contributed by atoms with Crippen LogP contribution in [0.2, 0.25) is 0 Å². The highest BCUT2D eigenvalue weighted by atomic mass is 16.7. The van der Waals surface area contributed by atoms with Crippen LogP contribution in [0.4, 0.5) is 11.4 Å². The zero-order valence-electron chi connectivity index (χ0n) is 12.2. The minimum atomic E-state index is -0.359. The standard InChI is InChI=1S/C17H16N2O3/c1-20-14-8-6-13(7-9-14)18-12-19-16-5-3-2-4-15(16)17-21-10-11-22-17/h2-9,17H,10-11H2,1H3. The van der Waals surface area contributed by atoms with E-state index in [1.807, 2.05) is 48.5 Å². The predicted octanol–water partition coefficient (Wildman–Crippen LogP) is 3.88. The number of aliphatic imine (C=N–C) groups is 2. The third kappa shape index (κ3) is 3.40. The van der Waals surface area contributed by atoms with Gasteiger partial charge in [-0.05, 0) is 30.3 Å². The molecule has 5 nitrogen and oxygen atoms in total. The van der Waals surface area contributed by atoms with Crippen LogP contribution >= 0.6 is 0 Å². The first kappa shape index (κ1) is 14.5. The summed E-state index contributed by atoms with van der Waals surface area (Å²) in [6, 6.07) is 17.7. The van der Waals surface area contributed by atoms with Gasteiger partial charge in [-0.1, -0.05) is 18.2 Å². The van der Waals surface area contributed by atoms with E-state index in [0.717, 1.165) is 22.7 Å². The van der Waals surface area contributed by atoms with Gasteiger partial charge < -0.3 is 14.2 Å². The molecule has 1 aliphatic heterocycles. The Labute approximate surface area is 128 Å². The monoisotopic (exact) mass is 296 g/mol. The fraction of sp³-hybridized carbons (Fsp3) is 0.235. The van der Waals surface area contributed by atoms with Crippen molar-refractivity contribution in [2.45, 2.75) is 6.29 Å². The van der Waals surface area contributed by atoms with Crippen molar-refractivity contribution in [1.29, 1.82) is 0 Å². The maximum atomic E-state index is 5.52. The van der Waals surface area contributed by atoms with Gasteiger partial charge in [0.2, 0.25) is 0 Å². The van der Waals surface area contributed by atoms with Crippen molar-refractivity contribution in [3.63, 3.8) is 0 Å². The SMILES string of the molecule is COc1ccc(N=C=Nc2ccccc2C2OCCO2)cc1. The van der Waals surface area contributed by atoms with Gasteiger partial charge in [-0.15, -0.1) is 0 Å². The molecule has 0 unspecified atom stereocenters. The zero-order valence-corrected chi connectivity index (χ0v) is 12.2. The van der Waals surface area contributed by atoms with Gasteiger partial charge >= 0.3 is 0 Å². The molecular formula is C17H16N2O3. The summed E-state index contributed by atoms with van der Waals surface area (Å²) in [4.78, 5) is 8.47. The Balaban J connectivity index is 1.80. The Hall–Kier alpha value is -2.46. The first-order chi connectivity index (χ1) is 10.9. The highest BCUT2D eigenvalue weighted by molar-refractivity contribution is 5.60. The van der Waals surface area contributed by atoms with Crippen LogP contribution in [0.15, 0.2) is 58.5 Å². The second-order valence-corrected chi connectivity index (χ2v) is 4.65. The molecular weight excluding hydrogens is 280 g/mol. The molecule has 0 amide bonds. The first-order valence-corrected chi connectivity index (χ1v) is 6.99. The van der Waals surface area contributed by atoms with E-state index in [-0.39, 0.29) is 6.29 Å². The lowest BCUT2D eigenvalue weighted by molar-refractivity contribution is -0.0436. The summed E-state index contributed by atoms with van der Waals surface area (Å²) >= 11 is 0. The van der Waals surface area contributed by atoms with Gasteiger partial charge in [0.15, 0.2) is 6.29 Å². The van der Waals surface area contributed by atoms with Crippen LogP contribution in [0.25, 0.3) is 0 Å². The summed E-state index contributed by atoms with van der Waals surface area (Å²) in [6.45, 7) is 1.20. The fourth-order valence-corrected chi connectivity index (χ4v) is 2.12. The molecule has 0 saturated carbocycles. The van der Waals surface area contributed by atoms with Crippen LogP contribution in [-0.2, 0) is 9.47 Å². The summed E-state index contributed by atoms with van der Waals surface area (Å²) < 4.78 is 16.1. The Morgan fingerprint density at radius 2 is 1.73 bits per heavy atom. The predicted molar refractivity (Wildman–Crippen MR) is 83.3 cm³/mol. The van der Waals surface area contributed by atoms with E-state index < -0.39 is 0 Å². The first-order valence-electron chi connectivity index (χ1n) is 6.99. The molecule has 0 aliphatic carbocycles. The van der Waals surface area contributed by atoms with Gasteiger partial charge in [0, 0.05) is 5.56 Å². The molecule has 0 N–H and O–H groups in total. The van der Waals surface area contributed by atoms with Crippen LogP contribution in [-0.4, -0.2) is 26.3 Å². The van der Waals surface area contributed by atoms with Crippen LogP contribution in [0, 0.1) is 0 Å². The topological polar surface area (TPSA) is 52.4 Å². The quantitative estimate of drug-likeness (QED) is 0.805. The lowest BCUT2D eigenvalue weighted by Gasteiger charge is -2.10. The lowest BCUT2D eigenvalue weighted by atomic mass is 10.2. The normalized spacial score (nSPS) is 14.4. The number of para-hydroxylation sites is 1. The van der Waals surface area contributed by atoms with E-state index in [4.69, 9.17) is 14.2 Å². The van der Waals surface area contributed by atoms with E-state index >= 15 is 0 Å².